The smallest absolute Gasteiger partial charge is 0.303 e. The van der Waals surface area contributed by atoms with Crippen LogP contribution in [0.5, 0.6) is 0 Å². The van der Waals surface area contributed by atoms with Gasteiger partial charge in [-0.1, -0.05) is 6.92 Å². The van der Waals surface area contributed by atoms with Crippen molar-refractivity contribution in [2.24, 2.45) is 0 Å². The van der Waals surface area contributed by atoms with Crippen molar-refractivity contribution >= 4 is 11.9 Å². The van der Waals surface area contributed by atoms with Crippen molar-refractivity contribution in [2.75, 3.05) is 6.61 Å². The molecule has 0 aromatic heterocycles. The Morgan fingerprint density at radius 2 is 1.95 bits per heavy atom. The highest BCUT2D eigenvalue weighted by atomic mass is 16.7. The Balaban J connectivity index is 2.65. The molecule has 1 aliphatic rings. The fraction of sp³-hybridized carbons (Fsp3) is 0.714. The lowest BCUT2D eigenvalue weighted by molar-refractivity contribution is -0.207. The second-order valence-electron chi connectivity index (χ2n) is 4.66. The van der Waals surface area contributed by atoms with E-state index in [1.54, 1.807) is 12.2 Å². The zero-order chi connectivity index (χ0) is 15.1. The maximum Gasteiger partial charge on any atom is 0.303 e. The molecule has 0 aromatic carbocycles. The Bertz CT molecular complexity index is 365. The Kier molecular flexibility index (Phi) is 6.67. The number of ether oxygens (including phenoxy) is 4. The van der Waals surface area contributed by atoms with E-state index >= 15 is 0 Å². The molecule has 0 radical (unpaired) electrons. The minimum absolute atomic E-state index is 0.0119. The van der Waals surface area contributed by atoms with Gasteiger partial charge in [-0.15, -0.1) is 0 Å². The molecule has 6 nitrogen and oxygen atoms in total. The average Bonchev–Trinajstić information content (AvgIpc) is 2.37. The number of carbonyl (C=O) groups excluding carboxylic acids is 2. The average molecular weight is 286 g/mol. The molecule has 0 amide bonds. The van der Waals surface area contributed by atoms with E-state index < -0.39 is 30.4 Å². The maximum atomic E-state index is 11.1. The predicted molar refractivity (Wildman–Crippen MR) is 70.8 cm³/mol. The standard InChI is InChI=1S/C14H22O6/c1-5-9(2)18-14-7-6-12(19-11(4)16)13(20-14)8-17-10(3)15/h6-7,9,12-14H,5,8H2,1-4H3/t9?,12-,13+,14?/m0/s1. The first kappa shape index (κ1) is 16.7. The van der Waals surface area contributed by atoms with Crippen molar-refractivity contribution in [3.8, 4) is 0 Å². The lowest BCUT2D eigenvalue weighted by Crippen LogP contribution is -2.42. The molecule has 1 rings (SSSR count). The number of hydrogen-bond acceptors (Lipinski definition) is 6. The van der Waals surface area contributed by atoms with E-state index in [2.05, 4.69) is 0 Å². The zero-order valence-corrected chi connectivity index (χ0v) is 12.3. The molecule has 0 aromatic rings. The second-order valence-corrected chi connectivity index (χ2v) is 4.66. The van der Waals surface area contributed by atoms with Crippen LogP contribution in [0.4, 0.5) is 0 Å². The van der Waals surface area contributed by atoms with E-state index in [4.69, 9.17) is 18.9 Å². The van der Waals surface area contributed by atoms with Gasteiger partial charge in [0.05, 0.1) is 6.10 Å². The summed E-state index contributed by atoms with van der Waals surface area (Å²) in [5.74, 6) is -0.832. The quantitative estimate of drug-likeness (QED) is 0.545. The molecule has 4 atom stereocenters. The molecule has 2 unspecified atom stereocenters. The van der Waals surface area contributed by atoms with Crippen LogP contribution in [0.1, 0.15) is 34.1 Å². The lowest BCUT2D eigenvalue weighted by atomic mass is 10.1. The van der Waals surface area contributed by atoms with E-state index in [0.29, 0.717) is 0 Å². The third kappa shape index (κ3) is 5.71. The van der Waals surface area contributed by atoms with Gasteiger partial charge in [0.2, 0.25) is 0 Å². The van der Waals surface area contributed by atoms with Gasteiger partial charge in [0, 0.05) is 13.8 Å². The second kappa shape index (κ2) is 8.01. The molecule has 0 bridgehead atoms. The third-order valence-corrected chi connectivity index (χ3v) is 2.83. The van der Waals surface area contributed by atoms with Gasteiger partial charge in [-0.2, -0.15) is 0 Å². The van der Waals surface area contributed by atoms with E-state index in [0.717, 1.165) is 6.42 Å². The van der Waals surface area contributed by atoms with Gasteiger partial charge in [0.25, 0.3) is 0 Å². The van der Waals surface area contributed by atoms with Crippen LogP contribution in [0.15, 0.2) is 12.2 Å². The van der Waals surface area contributed by atoms with Crippen molar-refractivity contribution in [3.63, 3.8) is 0 Å². The summed E-state index contributed by atoms with van der Waals surface area (Å²) >= 11 is 0. The van der Waals surface area contributed by atoms with E-state index in [1.165, 1.54) is 13.8 Å². The van der Waals surface area contributed by atoms with Gasteiger partial charge in [-0.25, -0.2) is 0 Å². The van der Waals surface area contributed by atoms with Crippen LogP contribution in [0.3, 0.4) is 0 Å². The molecule has 0 saturated heterocycles. The highest BCUT2D eigenvalue weighted by molar-refractivity contribution is 5.66. The normalized spacial score (nSPS) is 26.9. The molecule has 0 aliphatic carbocycles. The molecule has 114 valence electrons. The summed E-state index contributed by atoms with van der Waals surface area (Å²) in [6.07, 6.45) is 2.62. The highest BCUT2D eigenvalue weighted by Gasteiger charge is 2.31. The summed E-state index contributed by atoms with van der Waals surface area (Å²) in [5, 5.41) is 0. The molecule has 0 saturated carbocycles. The van der Waals surface area contributed by atoms with Gasteiger partial charge in [0.1, 0.15) is 18.8 Å². The minimum atomic E-state index is -0.580. The molecule has 0 spiro atoms. The first-order chi connectivity index (χ1) is 9.42. The Labute approximate surface area is 119 Å². The number of esters is 2. The summed E-state index contributed by atoms with van der Waals surface area (Å²) in [4.78, 5) is 21.9. The van der Waals surface area contributed by atoms with Crippen LogP contribution in [-0.4, -0.2) is 43.1 Å². The van der Waals surface area contributed by atoms with Gasteiger partial charge in [-0.3, -0.25) is 9.59 Å². The van der Waals surface area contributed by atoms with Crippen LogP contribution < -0.4 is 0 Å². The Hall–Kier alpha value is -1.40. The summed E-state index contributed by atoms with van der Waals surface area (Å²) in [7, 11) is 0. The van der Waals surface area contributed by atoms with Gasteiger partial charge < -0.3 is 18.9 Å². The van der Waals surface area contributed by atoms with E-state index in [-0.39, 0.29) is 12.7 Å². The molecule has 20 heavy (non-hydrogen) atoms. The Morgan fingerprint density at radius 1 is 1.25 bits per heavy atom. The molecule has 1 aliphatic heterocycles. The monoisotopic (exact) mass is 286 g/mol. The van der Waals surface area contributed by atoms with Crippen molar-refractivity contribution in [1.29, 1.82) is 0 Å². The first-order valence-corrected chi connectivity index (χ1v) is 6.72. The molecule has 0 fully saturated rings. The summed E-state index contributed by atoms with van der Waals surface area (Å²) in [6.45, 7) is 6.59. The zero-order valence-electron chi connectivity index (χ0n) is 12.3. The Morgan fingerprint density at radius 3 is 2.50 bits per heavy atom. The van der Waals surface area contributed by atoms with Crippen LogP contribution in [0, 0.1) is 0 Å². The topological polar surface area (TPSA) is 71.1 Å². The maximum absolute atomic E-state index is 11.1. The molecule has 0 N–H and O–H groups in total. The van der Waals surface area contributed by atoms with Crippen LogP contribution in [0.2, 0.25) is 0 Å². The van der Waals surface area contributed by atoms with Crippen LogP contribution >= 0.6 is 0 Å². The number of rotatable bonds is 6. The van der Waals surface area contributed by atoms with E-state index in [1.807, 2.05) is 13.8 Å². The third-order valence-electron chi connectivity index (χ3n) is 2.83. The summed E-state index contributed by atoms with van der Waals surface area (Å²) in [6, 6.07) is 0. The van der Waals surface area contributed by atoms with Crippen molar-refractivity contribution in [1.82, 2.24) is 0 Å². The van der Waals surface area contributed by atoms with E-state index in [9.17, 15) is 9.59 Å². The summed E-state index contributed by atoms with van der Waals surface area (Å²) in [5.41, 5.74) is 0. The number of hydrogen-bond donors (Lipinski definition) is 0. The van der Waals surface area contributed by atoms with Crippen molar-refractivity contribution in [3.05, 3.63) is 12.2 Å². The molecule has 1 heterocycles. The van der Waals surface area contributed by atoms with Crippen LogP contribution in [0.25, 0.3) is 0 Å². The minimum Gasteiger partial charge on any atom is -0.463 e. The number of carbonyl (C=O) groups is 2. The fourth-order valence-electron chi connectivity index (χ4n) is 1.66. The predicted octanol–water partition coefficient (Wildman–Crippen LogP) is 1.58. The fourth-order valence-corrected chi connectivity index (χ4v) is 1.66. The molecular weight excluding hydrogens is 264 g/mol. The van der Waals surface area contributed by atoms with Crippen molar-refractivity contribution in [2.45, 2.75) is 58.7 Å². The first-order valence-electron chi connectivity index (χ1n) is 6.72. The highest BCUT2D eigenvalue weighted by Crippen LogP contribution is 2.19. The van der Waals surface area contributed by atoms with Gasteiger partial charge in [-0.05, 0) is 25.5 Å². The lowest BCUT2D eigenvalue weighted by Gasteiger charge is -2.32. The van der Waals surface area contributed by atoms with Gasteiger partial charge >= 0.3 is 11.9 Å². The SMILES string of the molecule is CCC(C)OC1C=C[C@H](OC(C)=O)[C@@H](COC(C)=O)O1. The molecular formula is C14H22O6. The molecule has 6 heteroatoms. The summed E-state index contributed by atoms with van der Waals surface area (Å²) < 4.78 is 21.3. The van der Waals surface area contributed by atoms with Gasteiger partial charge in [0.15, 0.2) is 6.29 Å². The van der Waals surface area contributed by atoms with Crippen molar-refractivity contribution < 1.29 is 28.5 Å². The largest absolute Gasteiger partial charge is 0.463 e. The van der Waals surface area contributed by atoms with Crippen LogP contribution in [-0.2, 0) is 28.5 Å².